The Bertz CT molecular complexity index is 1200. The van der Waals surface area contributed by atoms with Crippen LogP contribution in [0.5, 0.6) is 0 Å². The fourth-order valence-corrected chi connectivity index (χ4v) is 3.98. The van der Waals surface area contributed by atoms with Gasteiger partial charge in [0.1, 0.15) is 5.65 Å². The number of halogens is 1. The second-order valence-electron chi connectivity index (χ2n) is 6.37. The summed E-state index contributed by atoms with van der Waals surface area (Å²) >= 11 is 7.49. The molecule has 1 aromatic carbocycles. The Labute approximate surface area is 171 Å². The Morgan fingerprint density at radius 1 is 1.11 bits per heavy atom. The summed E-state index contributed by atoms with van der Waals surface area (Å²) in [6.07, 6.45) is 1.80. The van der Waals surface area contributed by atoms with E-state index in [2.05, 4.69) is 22.1 Å². The van der Waals surface area contributed by atoms with Crippen LogP contribution in [0.15, 0.2) is 58.6 Å². The molecule has 0 bridgehead atoms. The van der Waals surface area contributed by atoms with E-state index in [1.54, 1.807) is 16.7 Å². The zero-order chi connectivity index (χ0) is 19.7. The number of pyridine rings is 1. The zero-order valence-electron chi connectivity index (χ0n) is 15.5. The number of hydrogen-bond acceptors (Lipinski definition) is 5. The van der Waals surface area contributed by atoms with Crippen LogP contribution >= 0.6 is 23.4 Å². The van der Waals surface area contributed by atoms with Crippen molar-refractivity contribution in [3.63, 3.8) is 0 Å². The first-order valence-electron chi connectivity index (χ1n) is 8.86. The van der Waals surface area contributed by atoms with Gasteiger partial charge in [0.15, 0.2) is 11.0 Å². The average Bonchev–Trinajstić information content (AvgIpc) is 3.10. The van der Waals surface area contributed by atoms with E-state index in [0.29, 0.717) is 16.4 Å². The molecule has 3 heterocycles. The molecule has 0 radical (unpaired) electrons. The van der Waals surface area contributed by atoms with Gasteiger partial charge in [0, 0.05) is 35.1 Å². The first kappa shape index (κ1) is 18.7. The van der Waals surface area contributed by atoms with Crippen molar-refractivity contribution in [2.45, 2.75) is 31.3 Å². The fraction of sp³-hybridized carbons (Fsp3) is 0.200. The van der Waals surface area contributed by atoms with Gasteiger partial charge in [-0.25, -0.2) is 4.98 Å². The quantitative estimate of drug-likeness (QED) is 0.460. The Morgan fingerprint density at radius 2 is 1.89 bits per heavy atom. The normalized spacial score (nSPS) is 11.2. The van der Waals surface area contributed by atoms with Gasteiger partial charge < -0.3 is 4.57 Å². The van der Waals surface area contributed by atoms with E-state index >= 15 is 0 Å². The van der Waals surface area contributed by atoms with E-state index in [-0.39, 0.29) is 5.56 Å². The standard InChI is InChI=1S/C20H18ClN5OS/c1-3-25-19(14-5-7-15(21)8-6-14)23-24-20(25)28-12-16-10-18(27)26-11-13(2)4-9-17(26)22-16/h4-11H,3,12H2,1-2H3. The number of aryl methyl sites for hydroxylation is 1. The predicted molar refractivity (Wildman–Crippen MR) is 112 cm³/mol. The van der Waals surface area contributed by atoms with Crippen molar-refractivity contribution in [2.75, 3.05) is 0 Å². The molecule has 0 amide bonds. The van der Waals surface area contributed by atoms with Crippen molar-refractivity contribution in [3.8, 4) is 11.4 Å². The van der Waals surface area contributed by atoms with Gasteiger partial charge in [-0.05, 0) is 49.7 Å². The lowest BCUT2D eigenvalue weighted by molar-refractivity contribution is 0.687. The third-order valence-corrected chi connectivity index (χ3v) is 5.60. The SMILES string of the molecule is CCn1c(SCc2cc(=O)n3cc(C)ccc3n2)nnc1-c1ccc(Cl)cc1. The molecule has 8 heteroatoms. The third kappa shape index (κ3) is 3.68. The maximum Gasteiger partial charge on any atom is 0.258 e. The Kier molecular flexibility index (Phi) is 5.19. The molecule has 0 atom stereocenters. The lowest BCUT2D eigenvalue weighted by Crippen LogP contribution is -2.15. The molecule has 0 aliphatic carbocycles. The van der Waals surface area contributed by atoms with Crippen LogP contribution in [0.4, 0.5) is 0 Å². The second-order valence-corrected chi connectivity index (χ2v) is 7.75. The number of rotatable bonds is 5. The van der Waals surface area contributed by atoms with Crippen LogP contribution in [0.3, 0.4) is 0 Å². The fourth-order valence-electron chi connectivity index (χ4n) is 2.96. The lowest BCUT2D eigenvalue weighted by atomic mass is 10.2. The Balaban J connectivity index is 1.60. The van der Waals surface area contributed by atoms with Crippen LogP contribution in [-0.4, -0.2) is 24.1 Å². The maximum atomic E-state index is 12.4. The summed E-state index contributed by atoms with van der Waals surface area (Å²) in [5, 5.41) is 10.1. The lowest BCUT2D eigenvalue weighted by Gasteiger charge is -2.08. The Morgan fingerprint density at radius 3 is 2.64 bits per heavy atom. The summed E-state index contributed by atoms with van der Waals surface area (Å²) in [5.41, 5.74) is 3.26. The van der Waals surface area contributed by atoms with Gasteiger partial charge in [-0.3, -0.25) is 9.20 Å². The molecule has 0 aliphatic rings. The average molecular weight is 412 g/mol. The maximum absolute atomic E-state index is 12.4. The number of hydrogen-bond donors (Lipinski definition) is 0. The number of aromatic nitrogens is 5. The van der Waals surface area contributed by atoms with Gasteiger partial charge in [-0.15, -0.1) is 10.2 Å². The van der Waals surface area contributed by atoms with Gasteiger partial charge >= 0.3 is 0 Å². The summed E-state index contributed by atoms with van der Waals surface area (Å²) in [5.74, 6) is 1.34. The molecule has 4 rings (SSSR count). The van der Waals surface area contributed by atoms with Gasteiger partial charge in [0.05, 0.1) is 5.69 Å². The van der Waals surface area contributed by atoms with E-state index in [1.807, 2.05) is 47.9 Å². The van der Waals surface area contributed by atoms with Gasteiger partial charge in [-0.2, -0.15) is 0 Å². The number of fused-ring (bicyclic) bond motifs is 1. The van der Waals surface area contributed by atoms with Gasteiger partial charge in [-0.1, -0.05) is 29.4 Å². The van der Waals surface area contributed by atoms with E-state index in [4.69, 9.17) is 11.6 Å². The van der Waals surface area contributed by atoms with E-state index in [9.17, 15) is 4.79 Å². The molecule has 0 fully saturated rings. The molecular formula is C20H18ClN5OS. The largest absolute Gasteiger partial charge is 0.302 e. The molecule has 0 spiro atoms. The summed E-state index contributed by atoms with van der Waals surface area (Å²) in [7, 11) is 0. The van der Waals surface area contributed by atoms with Crippen molar-refractivity contribution >= 4 is 29.0 Å². The smallest absolute Gasteiger partial charge is 0.258 e. The van der Waals surface area contributed by atoms with Crippen LogP contribution in [0.1, 0.15) is 18.2 Å². The van der Waals surface area contributed by atoms with E-state index in [0.717, 1.165) is 34.3 Å². The van der Waals surface area contributed by atoms with Crippen LogP contribution in [0, 0.1) is 6.92 Å². The minimum Gasteiger partial charge on any atom is -0.302 e. The number of nitrogens with zero attached hydrogens (tertiary/aromatic N) is 5. The monoisotopic (exact) mass is 411 g/mol. The number of thioether (sulfide) groups is 1. The zero-order valence-corrected chi connectivity index (χ0v) is 17.0. The molecular weight excluding hydrogens is 394 g/mol. The van der Waals surface area contributed by atoms with Crippen LogP contribution in [0.2, 0.25) is 5.02 Å². The molecule has 6 nitrogen and oxygen atoms in total. The molecule has 4 aromatic rings. The first-order chi connectivity index (χ1) is 13.5. The van der Waals surface area contributed by atoms with Crippen LogP contribution in [0.25, 0.3) is 17.0 Å². The van der Waals surface area contributed by atoms with Gasteiger partial charge in [0.2, 0.25) is 0 Å². The van der Waals surface area contributed by atoms with Crippen molar-refractivity contribution < 1.29 is 0 Å². The predicted octanol–water partition coefficient (Wildman–Crippen LogP) is 4.23. The topological polar surface area (TPSA) is 65.1 Å². The van der Waals surface area contributed by atoms with Crippen molar-refractivity contribution in [1.82, 2.24) is 24.1 Å². The summed E-state index contributed by atoms with van der Waals surface area (Å²) in [4.78, 5) is 17.0. The van der Waals surface area contributed by atoms with Crippen LogP contribution < -0.4 is 5.56 Å². The highest BCUT2D eigenvalue weighted by Crippen LogP contribution is 2.26. The van der Waals surface area contributed by atoms with Crippen molar-refractivity contribution in [2.24, 2.45) is 0 Å². The number of benzene rings is 1. The first-order valence-corrected chi connectivity index (χ1v) is 10.2. The minimum absolute atomic E-state index is 0.0805. The van der Waals surface area contributed by atoms with E-state index in [1.165, 1.54) is 11.8 Å². The molecule has 0 N–H and O–H groups in total. The minimum atomic E-state index is -0.0805. The summed E-state index contributed by atoms with van der Waals surface area (Å²) < 4.78 is 3.61. The third-order valence-electron chi connectivity index (χ3n) is 4.35. The molecule has 0 unspecified atom stereocenters. The van der Waals surface area contributed by atoms with Gasteiger partial charge in [0.25, 0.3) is 5.56 Å². The highest BCUT2D eigenvalue weighted by Gasteiger charge is 2.14. The highest BCUT2D eigenvalue weighted by molar-refractivity contribution is 7.98. The highest BCUT2D eigenvalue weighted by atomic mass is 35.5. The molecule has 0 aliphatic heterocycles. The Hall–Kier alpha value is -2.64. The molecule has 0 saturated carbocycles. The van der Waals surface area contributed by atoms with Crippen LogP contribution in [-0.2, 0) is 12.3 Å². The second kappa shape index (κ2) is 7.77. The molecule has 28 heavy (non-hydrogen) atoms. The summed E-state index contributed by atoms with van der Waals surface area (Å²) in [6.45, 7) is 4.74. The molecule has 3 aromatic heterocycles. The van der Waals surface area contributed by atoms with E-state index < -0.39 is 0 Å². The van der Waals surface area contributed by atoms with Crippen molar-refractivity contribution in [1.29, 1.82) is 0 Å². The molecule has 142 valence electrons. The summed E-state index contributed by atoms with van der Waals surface area (Å²) in [6, 6.07) is 12.9. The molecule has 0 saturated heterocycles. The van der Waals surface area contributed by atoms with Crippen molar-refractivity contribution in [3.05, 3.63) is 75.3 Å².